The van der Waals surface area contributed by atoms with Crippen LogP contribution < -0.4 is 10.5 Å². The maximum absolute atomic E-state index is 13.6. The number of ether oxygens (including phenoxy) is 1. The third-order valence-electron chi connectivity index (χ3n) is 2.88. The summed E-state index contributed by atoms with van der Waals surface area (Å²) in [6, 6.07) is 12.6. The Morgan fingerprint density at radius 3 is 2.50 bits per heavy atom. The van der Waals surface area contributed by atoms with Gasteiger partial charge in [-0.1, -0.05) is 17.2 Å². The molecule has 3 aromatic rings. The Kier molecular flexibility index (Phi) is 3.53. The van der Waals surface area contributed by atoms with E-state index in [1.165, 1.54) is 12.1 Å². The van der Waals surface area contributed by atoms with Gasteiger partial charge in [0, 0.05) is 5.56 Å². The summed E-state index contributed by atoms with van der Waals surface area (Å²) in [5.74, 6) is -0.0168. The zero-order chi connectivity index (χ0) is 15.5. The van der Waals surface area contributed by atoms with Crippen molar-refractivity contribution in [1.29, 1.82) is 5.41 Å². The van der Waals surface area contributed by atoms with E-state index in [2.05, 4.69) is 10.2 Å². The molecule has 2 aromatic carbocycles. The van der Waals surface area contributed by atoms with Crippen molar-refractivity contribution in [2.24, 2.45) is 5.73 Å². The molecule has 1 aromatic heterocycles. The number of aromatic nitrogens is 2. The van der Waals surface area contributed by atoms with Crippen molar-refractivity contribution in [2.45, 2.75) is 0 Å². The van der Waals surface area contributed by atoms with Crippen LogP contribution in [0.5, 0.6) is 11.8 Å². The maximum atomic E-state index is 13.6. The minimum atomic E-state index is -0.455. The van der Waals surface area contributed by atoms with Crippen LogP contribution in [-0.4, -0.2) is 16.0 Å². The molecule has 0 aliphatic heterocycles. The third kappa shape index (κ3) is 2.78. The van der Waals surface area contributed by atoms with E-state index in [-0.39, 0.29) is 23.4 Å². The number of amidine groups is 1. The van der Waals surface area contributed by atoms with Gasteiger partial charge in [-0.3, -0.25) is 5.41 Å². The lowest BCUT2D eigenvalue weighted by atomic mass is 10.2. The van der Waals surface area contributed by atoms with Gasteiger partial charge >= 0.3 is 6.08 Å². The number of rotatable bonds is 4. The molecule has 3 rings (SSSR count). The molecule has 0 unspecified atom stereocenters. The fraction of sp³-hybridized carbons (Fsp3) is 0. The fourth-order valence-corrected chi connectivity index (χ4v) is 1.80. The molecular formula is C15H11FN4O2. The number of nitrogens with two attached hydrogens (primary N) is 1. The number of halogens is 1. The highest BCUT2D eigenvalue weighted by atomic mass is 19.1. The smallest absolute Gasteiger partial charge is 0.410 e. The normalized spacial score (nSPS) is 10.4. The van der Waals surface area contributed by atoms with Gasteiger partial charge in [-0.25, -0.2) is 4.39 Å². The first kappa shape index (κ1) is 13.7. The third-order valence-corrected chi connectivity index (χ3v) is 2.88. The number of hydrogen-bond donors (Lipinski definition) is 2. The summed E-state index contributed by atoms with van der Waals surface area (Å²) in [4.78, 5) is 0. The second kappa shape index (κ2) is 5.65. The molecule has 0 aliphatic carbocycles. The van der Waals surface area contributed by atoms with Gasteiger partial charge in [0.15, 0.2) is 0 Å². The molecule has 22 heavy (non-hydrogen) atoms. The van der Waals surface area contributed by atoms with Gasteiger partial charge in [0.2, 0.25) is 0 Å². The van der Waals surface area contributed by atoms with Crippen LogP contribution in [0.2, 0.25) is 0 Å². The summed E-state index contributed by atoms with van der Waals surface area (Å²) < 4.78 is 24.3. The van der Waals surface area contributed by atoms with E-state index >= 15 is 0 Å². The second-order valence-electron chi connectivity index (χ2n) is 4.39. The van der Waals surface area contributed by atoms with E-state index in [1.54, 1.807) is 36.4 Å². The van der Waals surface area contributed by atoms with Crippen LogP contribution in [0.25, 0.3) is 11.5 Å². The van der Waals surface area contributed by atoms with Crippen molar-refractivity contribution in [2.75, 3.05) is 0 Å². The SMILES string of the molecule is N=C(N)c1ccc(Oc2nnc(-c3ccccc3F)o2)cc1. The predicted octanol–water partition coefficient (Wildman–Crippen LogP) is 2.95. The Labute approximate surface area is 124 Å². The predicted molar refractivity (Wildman–Crippen MR) is 77.2 cm³/mol. The molecule has 0 spiro atoms. The Morgan fingerprint density at radius 1 is 1.09 bits per heavy atom. The molecule has 7 heteroatoms. The standard InChI is InChI=1S/C15H11FN4O2/c16-12-4-2-1-3-11(12)14-19-20-15(22-14)21-10-7-5-9(6-8-10)13(17)18/h1-8H,(H3,17,18). The topological polar surface area (TPSA) is 98.0 Å². The zero-order valence-corrected chi connectivity index (χ0v) is 11.3. The van der Waals surface area contributed by atoms with Crippen molar-refractivity contribution in [3.8, 4) is 23.3 Å². The number of benzene rings is 2. The summed E-state index contributed by atoms with van der Waals surface area (Å²) in [5, 5.41) is 14.8. The molecule has 0 aliphatic rings. The molecule has 0 saturated carbocycles. The highest BCUT2D eigenvalue weighted by Gasteiger charge is 2.13. The Hall–Kier alpha value is -3.22. The number of hydrogen-bond acceptors (Lipinski definition) is 5. The van der Waals surface area contributed by atoms with E-state index < -0.39 is 5.82 Å². The molecule has 6 nitrogen and oxygen atoms in total. The lowest BCUT2D eigenvalue weighted by Crippen LogP contribution is -2.10. The van der Waals surface area contributed by atoms with Crippen LogP contribution in [0.1, 0.15) is 5.56 Å². The lowest BCUT2D eigenvalue weighted by molar-refractivity contribution is 0.335. The monoisotopic (exact) mass is 298 g/mol. The summed E-state index contributed by atoms with van der Waals surface area (Å²) >= 11 is 0. The summed E-state index contributed by atoms with van der Waals surface area (Å²) in [7, 11) is 0. The van der Waals surface area contributed by atoms with Crippen molar-refractivity contribution < 1.29 is 13.5 Å². The average Bonchev–Trinajstić information content (AvgIpc) is 2.96. The van der Waals surface area contributed by atoms with Gasteiger partial charge in [0.1, 0.15) is 17.4 Å². The molecule has 0 saturated heterocycles. The summed E-state index contributed by atoms with van der Waals surface area (Å²) in [5.41, 5.74) is 6.14. The highest BCUT2D eigenvalue weighted by Crippen LogP contribution is 2.26. The Morgan fingerprint density at radius 2 is 1.82 bits per heavy atom. The van der Waals surface area contributed by atoms with Gasteiger partial charge in [-0.2, -0.15) is 0 Å². The van der Waals surface area contributed by atoms with Gasteiger partial charge < -0.3 is 14.9 Å². The van der Waals surface area contributed by atoms with Gasteiger partial charge in [-0.05, 0) is 36.4 Å². The fourth-order valence-electron chi connectivity index (χ4n) is 1.80. The molecule has 0 atom stereocenters. The van der Waals surface area contributed by atoms with Crippen LogP contribution >= 0.6 is 0 Å². The van der Waals surface area contributed by atoms with Gasteiger partial charge in [0.05, 0.1) is 5.56 Å². The molecule has 110 valence electrons. The number of nitrogen functional groups attached to an aromatic ring is 1. The summed E-state index contributed by atoms with van der Waals surface area (Å²) in [6.07, 6.45) is -0.103. The van der Waals surface area contributed by atoms with Crippen molar-refractivity contribution in [3.63, 3.8) is 0 Å². The Balaban J connectivity index is 1.80. The molecule has 0 amide bonds. The van der Waals surface area contributed by atoms with Gasteiger partial charge in [0.25, 0.3) is 5.89 Å². The molecular weight excluding hydrogens is 287 g/mol. The number of nitrogens with one attached hydrogen (secondary N) is 1. The largest absolute Gasteiger partial charge is 0.420 e. The number of nitrogens with zero attached hydrogens (tertiary/aromatic N) is 2. The zero-order valence-electron chi connectivity index (χ0n) is 11.3. The van der Waals surface area contributed by atoms with E-state index in [0.717, 1.165) is 0 Å². The van der Waals surface area contributed by atoms with Crippen LogP contribution in [-0.2, 0) is 0 Å². The minimum Gasteiger partial charge on any atom is -0.410 e. The molecule has 0 fully saturated rings. The first-order valence-electron chi connectivity index (χ1n) is 6.34. The van der Waals surface area contributed by atoms with Gasteiger partial charge in [-0.15, -0.1) is 5.10 Å². The van der Waals surface area contributed by atoms with Crippen LogP contribution in [0, 0.1) is 11.2 Å². The van der Waals surface area contributed by atoms with Crippen LogP contribution in [0.15, 0.2) is 52.9 Å². The minimum absolute atomic E-state index is 0.0356. The first-order valence-corrected chi connectivity index (χ1v) is 6.34. The van der Waals surface area contributed by atoms with E-state index in [9.17, 15) is 4.39 Å². The molecule has 3 N–H and O–H groups in total. The molecule has 0 bridgehead atoms. The Bertz CT molecular complexity index is 814. The van der Waals surface area contributed by atoms with Crippen molar-refractivity contribution in [1.82, 2.24) is 10.2 Å². The van der Waals surface area contributed by atoms with Crippen LogP contribution in [0.4, 0.5) is 4.39 Å². The highest BCUT2D eigenvalue weighted by molar-refractivity contribution is 5.94. The average molecular weight is 298 g/mol. The van der Waals surface area contributed by atoms with Crippen molar-refractivity contribution >= 4 is 5.84 Å². The first-order chi connectivity index (χ1) is 10.6. The van der Waals surface area contributed by atoms with Crippen molar-refractivity contribution in [3.05, 3.63) is 59.9 Å². The lowest BCUT2D eigenvalue weighted by Gasteiger charge is -2.01. The maximum Gasteiger partial charge on any atom is 0.420 e. The van der Waals surface area contributed by atoms with Crippen LogP contribution in [0.3, 0.4) is 0 Å². The van der Waals surface area contributed by atoms with E-state index in [4.69, 9.17) is 20.3 Å². The molecule has 1 heterocycles. The summed E-state index contributed by atoms with van der Waals surface area (Å²) in [6.45, 7) is 0. The molecule has 0 radical (unpaired) electrons. The van der Waals surface area contributed by atoms with E-state index in [0.29, 0.717) is 11.3 Å². The quantitative estimate of drug-likeness (QED) is 0.570. The van der Waals surface area contributed by atoms with E-state index in [1.807, 2.05) is 0 Å². The second-order valence-corrected chi connectivity index (χ2v) is 4.39.